The third-order valence-electron chi connectivity index (χ3n) is 3.22. The third kappa shape index (κ3) is 2.79. The molecule has 6 heteroatoms. The Hall–Kier alpha value is -2.76. The molecule has 0 radical (unpaired) electrons. The van der Waals surface area contributed by atoms with Crippen LogP contribution in [0.2, 0.25) is 5.02 Å². The van der Waals surface area contributed by atoms with E-state index in [1.807, 2.05) is 0 Å². The molecule has 1 aromatic carbocycles. The third-order valence-corrected chi connectivity index (χ3v) is 3.51. The lowest BCUT2D eigenvalue weighted by atomic mass is 10.2. The van der Waals surface area contributed by atoms with Crippen molar-refractivity contribution in [3.05, 3.63) is 22.8 Å². The van der Waals surface area contributed by atoms with Crippen molar-refractivity contribution in [1.82, 2.24) is 4.57 Å². The molecule has 0 aliphatic heterocycles. The first kappa shape index (κ1) is 16.6. The number of carbonyl (C=O) groups is 1. The molecule has 0 saturated carbocycles. The first-order valence-electron chi connectivity index (χ1n) is 6.57. The van der Waals surface area contributed by atoms with Crippen molar-refractivity contribution < 1.29 is 19.0 Å². The summed E-state index contributed by atoms with van der Waals surface area (Å²) < 4.78 is 17.3. The smallest absolute Gasteiger partial charge is 0.358 e. The van der Waals surface area contributed by atoms with Crippen LogP contribution in [-0.4, -0.2) is 31.4 Å². The molecule has 0 unspecified atom stereocenters. The highest BCUT2D eigenvalue weighted by molar-refractivity contribution is 6.33. The summed E-state index contributed by atoms with van der Waals surface area (Å²) in [4.78, 5) is 12.2. The Labute approximate surface area is 139 Å². The molecule has 0 aliphatic rings. The van der Waals surface area contributed by atoms with E-state index in [4.69, 9.17) is 38.7 Å². The number of aromatic nitrogens is 1. The zero-order valence-electron chi connectivity index (χ0n) is 12.7. The highest BCUT2D eigenvalue weighted by Crippen LogP contribution is 2.42. The summed E-state index contributed by atoms with van der Waals surface area (Å²) in [5.74, 6) is 4.94. The minimum atomic E-state index is -0.596. The van der Waals surface area contributed by atoms with Gasteiger partial charge >= 0.3 is 5.97 Å². The van der Waals surface area contributed by atoms with E-state index in [0.717, 1.165) is 0 Å². The van der Waals surface area contributed by atoms with E-state index >= 15 is 0 Å². The summed E-state index contributed by atoms with van der Waals surface area (Å²) in [6, 6.07) is 3.36. The molecule has 0 amide bonds. The molecule has 5 nitrogen and oxygen atoms in total. The molecule has 0 fully saturated rings. The number of rotatable bonds is 5. The number of fused-ring (bicyclic) bond motifs is 1. The van der Waals surface area contributed by atoms with E-state index in [2.05, 4.69) is 11.8 Å². The van der Waals surface area contributed by atoms with Crippen LogP contribution in [0.4, 0.5) is 0 Å². The molecule has 0 saturated heterocycles. The molecule has 2 rings (SSSR count). The van der Waals surface area contributed by atoms with Crippen LogP contribution in [0.5, 0.6) is 11.5 Å². The summed E-state index contributed by atoms with van der Waals surface area (Å²) in [5.41, 5.74) is 0.710. The number of hydrogen-bond donors (Lipinski definition) is 0. The van der Waals surface area contributed by atoms with Gasteiger partial charge in [-0.05, 0) is 12.1 Å². The fourth-order valence-corrected chi connectivity index (χ4v) is 2.59. The average molecular weight is 332 g/mol. The number of terminal acetylenes is 2. The van der Waals surface area contributed by atoms with Gasteiger partial charge in [-0.3, -0.25) is 0 Å². The van der Waals surface area contributed by atoms with Crippen LogP contribution >= 0.6 is 11.6 Å². The number of methoxy groups -OCH3 is 2. The Morgan fingerprint density at radius 2 is 2.00 bits per heavy atom. The molecule has 0 atom stereocenters. The fraction of sp³-hybridized carbons (Fsp3) is 0.235. The van der Waals surface area contributed by atoms with Gasteiger partial charge in [0, 0.05) is 5.39 Å². The summed E-state index contributed by atoms with van der Waals surface area (Å²) in [5, 5.41) is 0.993. The van der Waals surface area contributed by atoms with Gasteiger partial charge in [0.2, 0.25) is 0 Å². The van der Waals surface area contributed by atoms with Gasteiger partial charge in [-0.15, -0.1) is 12.8 Å². The largest absolute Gasteiger partial charge is 0.493 e. The normalized spacial score (nSPS) is 9.96. The Balaban J connectivity index is 2.93. The van der Waals surface area contributed by atoms with Crippen LogP contribution in [0.25, 0.3) is 10.9 Å². The van der Waals surface area contributed by atoms with Gasteiger partial charge in [-0.2, -0.15) is 0 Å². The summed E-state index contributed by atoms with van der Waals surface area (Å²) in [6.07, 6.45) is 10.7. The Morgan fingerprint density at radius 1 is 1.26 bits per heavy atom. The van der Waals surface area contributed by atoms with Gasteiger partial charge in [0.15, 0.2) is 17.2 Å². The van der Waals surface area contributed by atoms with E-state index in [-0.39, 0.29) is 24.6 Å². The molecule has 118 valence electrons. The zero-order chi connectivity index (χ0) is 17.0. The Kier molecular flexibility index (Phi) is 5.05. The Morgan fingerprint density at radius 3 is 2.57 bits per heavy atom. The van der Waals surface area contributed by atoms with E-state index in [0.29, 0.717) is 21.7 Å². The van der Waals surface area contributed by atoms with Gasteiger partial charge in [0.05, 0.1) is 31.3 Å². The van der Waals surface area contributed by atoms with Crippen molar-refractivity contribution in [2.24, 2.45) is 0 Å². The van der Waals surface area contributed by atoms with Crippen molar-refractivity contribution in [3.63, 3.8) is 0 Å². The van der Waals surface area contributed by atoms with Crippen LogP contribution in [0.3, 0.4) is 0 Å². The van der Waals surface area contributed by atoms with Crippen LogP contribution in [0.15, 0.2) is 12.1 Å². The van der Waals surface area contributed by atoms with E-state index in [1.54, 1.807) is 16.7 Å². The molecule has 1 aromatic heterocycles. The lowest BCUT2D eigenvalue weighted by Crippen LogP contribution is -2.12. The predicted molar refractivity (Wildman–Crippen MR) is 88.0 cm³/mol. The maximum absolute atomic E-state index is 12.2. The lowest BCUT2D eigenvalue weighted by Gasteiger charge is -2.09. The number of ether oxygens (including phenoxy) is 3. The van der Waals surface area contributed by atoms with Crippen LogP contribution in [0, 0.1) is 24.7 Å². The highest BCUT2D eigenvalue weighted by atomic mass is 35.5. The van der Waals surface area contributed by atoms with Crippen molar-refractivity contribution in [3.8, 4) is 36.2 Å². The standard InChI is InChI=1S/C17H14ClNO4/c1-5-9-19-13-11(7-8-12(18)16(13)21-3)15(23-10-6-2)14(19)17(20)22-4/h1-2,7-8H,9-10H2,3-4H3. The zero-order valence-corrected chi connectivity index (χ0v) is 13.4. The summed E-state index contributed by atoms with van der Waals surface area (Å²) in [7, 11) is 2.75. The average Bonchev–Trinajstić information content (AvgIpc) is 2.86. The monoisotopic (exact) mass is 331 g/mol. The van der Waals surface area contributed by atoms with E-state index < -0.39 is 5.97 Å². The van der Waals surface area contributed by atoms with Crippen LogP contribution in [0.1, 0.15) is 10.5 Å². The summed E-state index contributed by atoms with van der Waals surface area (Å²) >= 11 is 6.18. The molecule has 23 heavy (non-hydrogen) atoms. The number of carbonyl (C=O) groups excluding carboxylic acids is 1. The first-order valence-corrected chi connectivity index (χ1v) is 6.95. The van der Waals surface area contributed by atoms with E-state index in [9.17, 15) is 4.79 Å². The number of esters is 1. The summed E-state index contributed by atoms with van der Waals surface area (Å²) in [6.45, 7) is 0.0984. The van der Waals surface area contributed by atoms with Gasteiger partial charge in [-0.25, -0.2) is 4.79 Å². The second kappa shape index (κ2) is 7.00. The SMILES string of the molecule is C#CCOc1c(C(=O)OC)n(CC#C)c2c(OC)c(Cl)ccc12. The van der Waals surface area contributed by atoms with Crippen molar-refractivity contribution >= 4 is 28.5 Å². The van der Waals surface area contributed by atoms with Crippen molar-refractivity contribution in [2.45, 2.75) is 6.54 Å². The molecule has 0 bridgehead atoms. The minimum Gasteiger partial charge on any atom is -0.493 e. The number of nitrogens with zero attached hydrogens (tertiary/aromatic N) is 1. The molecular formula is C17H14ClNO4. The number of benzene rings is 1. The quantitative estimate of drug-likeness (QED) is 0.624. The van der Waals surface area contributed by atoms with Crippen LogP contribution < -0.4 is 9.47 Å². The number of hydrogen-bond acceptors (Lipinski definition) is 4. The molecule has 2 aromatic rings. The van der Waals surface area contributed by atoms with E-state index in [1.165, 1.54) is 14.2 Å². The van der Waals surface area contributed by atoms with Crippen LogP contribution in [-0.2, 0) is 11.3 Å². The highest BCUT2D eigenvalue weighted by Gasteiger charge is 2.27. The molecule has 0 N–H and O–H groups in total. The minimum absolute atomic E-state index is 0.00982. The lowest BCUT2D eigenvalue weighted by molar-refractivity contribution is 0.0585. The maximum atomic E-state index is 12.2. The van der Waals surface area contributed by atoms with Gasteiger partial charge in [-0.1, -0.05) is 23.4 Å². The maximum Gasteiger partial charge on any atom is 0.358 e. The fourth-order valence-electron chi connectivity index (χ4n) is 2.36. The first-order chi connectivity index (χ1) is 11.1. The predicted octanol–water partition coefficient (Wildman–Crippen LogP) is 2.74. The molecular weight excluding hydrogens is 318 g/mol. The molecule has 0 aliphatic carbocycles. The topological polar surface area (TPSA) is 49.7 Å². The second-order valence-electron chi connectivity index (χ2n) is 4.43. The molecule has 0 spiro atoms. The van der Waals surface area contributed by atoms with Gasteiger partial charge in [0.25, 0.3) is 0 Å². The Bertz CT molecular complexity index is 839. The van der Waals surface area contributed by atoms with Gasteiger partial charge in [0.1, 0.15) is 6.61 Å². The van der Waals surface area contributed by atoms with Gasteiger partial charge < -0.3 is 18.8 Å². The molecule has 1 heterocycles. The number of halogens is 1. The van der Waals surface area contributed by atoms with Crippen molar-refractivity contribution in [2.75, 3.05) is 20.8 Å². The van der Waals surface area contributed by atoms with Crippen molar-refractivity contribution in [1.29, 1.82) is 0 Å². The second-order valence-corrected chi connectivity index (χ2v) is 4.84.